The van der Waals surface area contributed by atoms with E-state index in [4.69, 9.17) is 0 Å². The van der Waals surface area contributed by atoms with E-state index in [2.05, 4.69) is 79.0 Å². The van der Waals surface area contributed by atoms with Gasteiger partial charge in [-0.2, -0.15) is 0 Å². The molecule has 1 aromatic carbocycles. The highest BCUT2D eigenvalue weighted by molar-refractivity contribution is 9.10. The third kappa shape index (κ3) is 7.90. The normalized spacial score (nSPS) is 13.8. The molecule has 1 unspecified atom stereocenters. The largest absolute Gasteiger partial charge is 0.314 e. The van der Waals surface area contributed by atoms with Crippen LogP contribution in [0.15, 0.2) is 28.7 Å². The van der Waals surface area contributed by atoms with E-state index in [1.54, 1.807) is 0 Å². The molecule has 19 heavy (non-hydrogen) atoms. The van der Waals surface area contributed by atoms with Crippen molar-refractivity contribution in [3.63, 3.8) is 0 Å². The van der Waals surface area contributed by atoms with Gasteiger partial charge in [-0.15, -0.1) is 0 Å². The van der Waals surface area contributed by atoms with Gasteiger partial charge in [-0.05, 0) is 36.6 Å². The van der Waals surface area contributed by atoms with Crippen LogP contribution >= 0.6 is 15.9 Å². The zero-order valence-electron chi connectivity index (χ0n) is 13.0. The van der Waals surface area contributed by atoms with Gasteiger partial charge in [0.05, 0.1) is 0 Å². The van der Waals surface area contributed by atoms with Crippen molar-refractivity contribution in [1.82, 2.24) is 5.32 Å². The van der Waals surface area contributed by atoms with Crippen LogP contribution in [0, 0.1) is 5.92 Å². The van der Waals surface area contributed by atoms with Gasteiger partial charge in [-0.3, -0.25) is 0 Å². The number of rotatable bonds is 7. The minimum Gasteiger partial charge on any atom is -0.314 e. The first kappa shape index (κ1) is 16.9. The summed E-state index contributed by atoms with van der Waals surface area (Å²) in [4.78, 5) is 0. The second-order valence-electron chi connectivity index (χ2n) is 7.02. The summed E-state index contributed by atoms with van der Waals surface area (Å²) in [5, 5.41) is 3.61. The molecule has 0 aliphatic rings. The number of hydrogen-bond donors (Lipinski definition) is 1. The summed E-state index contributed by atoms with van der Waals surface area (Å²) in [6, 6.07) is 10.8. The average Bonchev–Trinajstić information content (AvgIpc) is 2.27. The average molecular weight is 342 g/mol. The quantitative estimate of drug-likeness (QED) is 0.692. The molecule has 0 aromatic heterocycles. The first-order valence-corrected chi connectivity index (χ1v) is 11.7. The lowest BCUT2D eigenvalue weighted by Gasteiger charge is -2.26. The number of halogens is 1. The SMILES string of the molecule is CC(C)NCC(Cc1ccc(Br)cc1)C[Si](C)(C)C. The van der Waals surface area contributed by atoms with E-state index in [9.17, 15) is 0 Å². The highest BCUT2D eigenvalue weighted by Gasteiger charge is 2.20. The van der Waals surface area contributed by atoms with Gasteiger partial charge in [-0.25, -0.2) is 0 Å². The van der Waals surface area contributed by atoms with Gasteiger partial charge in [0.1, 0.15) is 0 Å². The minimum absolute atomic E-state index is 0.578. The molecule has 0 amide bonds. The van der Waals surface area contributed by atoms with E-state index in [0.717, 1.165) is 12.5 Å². The van der Waals surface area contributed by atoms with Crippen molar-refractivity contribution in [2.45, 2.75) is 52.0 Å². The Morgan fingerprint density at radius 1 is 1.11 bits per heavy atom. The van der Waals surface area contributed by atoms with Crippen molar-refractivity contribution in [1.29, 1.82) is 0 Å². The molecule has 1 nitrogen and oxygen atoms in total. The Balaban J connectivity index is 2.64. The molecule has 0 saturated heterocycles. The van der Waals surface area contributed by atoms with E-state index >= 15 is 0 Å². The Morgan fingerprint density at radius 3 is 2.16 bits per heavy atom. The highest BCUT2D eigenvalue weighted by atomic mass is 79.9. The van der Waals surface area contributed by atoms with E-state index in [1.807, 2.05) is 0 Å². The molecule has 0 fully saturated rings. The third-order valence-corrected chi connectivity index (χ3v) is 5.48. The topological polar surface area (TPSA) is 12.0 Å². The predicted octanol–water partition coefficient (Wildman–Crippen LogP) is 4.94. The maximum absolute atomic E-state index is 3.61. The van der Waals surface area contributed by atoms with Crippen LogP contribution in [0.4, 0.5) is 0 Å². The first-order valence-electron chi connectivity index (χ1n) is 7.24. The van der Waals surface area contributed by atoms with Crippen LogP contribution in [0.1, 0.15) is 19.4 Å². The molecule has 0 aliphatic carbocycles. The second-order valence-corrected chi connectivity index (χ2v) is 13.5. The zero-order chi connectivity index (χ0) is 14.5. The summed E-state index contributed by atoms with van der Waals surface area (Å²) in [7, 11) is -1.01. The molecule has 1 atom stereocenters. The Morgan fingerprint density at radius 2 is 1.68 bits per heavy atom. The summed E-state index contributed by atoms with van der Waals surface area (Å²) < 4.78 is 1.17. The molecular weight excluding hydrogens is 314 g/mol. The first-order chi connectivity index (χ1) is 8.76. The van der Waals surface area contributed by atoms with Gasteiger partial charge < -0.3 is 5.32 Å². The van der Waals surface area contributed by atoms with Crippen LogP contribution in [0.25, 0.3) is 0 Å². The molecule has 1 aromatic rings. The molecular formula is C16H28BrNSi. The van der Waals surface area contributed by atoms with Crippen LogP contribution in [0.5, 0.6) is 0 Å². The monoisotopic (exact) mass is 341 g/mol. The summed E-state index contributed by atoms with van der Waals surface area (Å²) in [6.45, 7) is 13.0. The number of hydrogen-bond acceptors (Lipinski definition) is 1. The standard InChI is InChI=1S/C16H28BrNSi/c1-13(2)18-11-15(12-19(3,4)5)10-14-6-8-16(17)9-7-14/h6-9,13,15,18H,10-12H2,1-5H3. The summed E-state index contributed by atoms with van der Waals surface area (Å²) in [6.07, 6.45) is 1.19. The summed E-state index contributed by atoms with van der Waals surface area (Å²) >= 11 is 3.50. The lowest BCUT2D eigenvalue weighted by Crippen LogP contribution is -2.34. The number of benzene rings is 1. The molecule has 0 bridgehead atoms. The van der Waals surface area contributed by atoms with E-state index in [1.165, 1.54) is 22.5 Å². The highest BCUT2D eigenvalue weighted by Crippen LogP contribution is 2.21. The van der Waals surface area contributed by atoms with Crippen LogP contribution in [-0.2, 0) is 6.42 Å². The maximum Gasteiger partial charge on any atom is 0.0446 e. The molecule has 0 radical (unpaired) electrons. The zero-order valence-corrected chi connectivity index (χ0v) is 15.5. The number of nitrogens with one attached hydrogen (secondary N) is 1. The maximum atomic E-state index is 3.61. The Bertz CT molecular complexity index is 367. The molecule has 0 heterocycles. The van der Waals surface area contributed by atoms with Gasteiger partial charge in [-0.1, -0.05) is 67.6 Å². The van der Waals surface area contributed by atoms with Gasteiger partial charge >= 0.3 is 0 Å². The van der Waals surface area contributed by atoms with E-state index in [-0.39, 0.29) is 0 Å². The fourth-order valence-electron chi connectivity index (χ4n) is 2.44. The molecule has 108 valence electrons. The van der Waals surface area contributed by atoms with Gasteiger partial charge in [0.15, 0.2) is 0 Å². The van der Waals surface area contributed by atoms with Crippen LogP contribution < -0.4 is 5.32 Å². The Hall–Kier alpha value is -0.123. The minimum atomic E-state index is -1.01. The van der Waals surface area contributed by atoms with Gasteiger partial charge in [0.2, 0.25) is 0 Å². The van der Waals surface area contributed by atoms with E-state index < -0.39 is 8.07 Å². The molecule has 1 N–H and O–H groups in total. The Labute approximate surface area is 128 Å². The lowest BCUT2D eigenvalue weighted by molar-refractivity contribution is 0.472. The fraction of sp³-hybridized carbons (Fsp3) is 0.625. The molecule has 0 saturated carbocycles. The smallest absolute Gasteiger partial charge is 0.0446 e. The van der Waals surface area contributed by atoms with Gasteiger partial charge in [0.25, 0.3) is 0 Å². The van der Waals surface area contributed by atoms with Crippen molar-refractivity contribution in [3.05, 3.63) is 34.3 Å². The third-order valence-electron chi connectivity index (χ3n) is 3.15. The lowest BCUT2D eigenvalue weighted by atomic mass is 10.0. The summed E-state index contributed by atoms with van der Waals surface area (Å²) in [5.41, 5.74) is 1.46. The van der Waals surface area contributed by atoms with Crippen LogP contribution in [0.2, 0.25) is 25.7 Å². The van der Waals surface area contributed by atoms with E-state index in [0.29, 0.717) is 6.04 Å². The molecule has 0 spiro atoms. The van der Waals surface area contributed by atoms with Crippen LogP contribution in [-0.4, -0.2) is 20.7 Å². The van der Waals surface area contributed by atoms with Crippen molar-refractivity contribution < 1.29 is 0 Å². The molecule has 1 rings (SSSR count). The Kier molecular flexibility index (Phi) is 6.78. The predicted molar refractivity (Wildman–Crippen MR) is 92.6 cm³/mol. The second kappa shape index (κ2) is 7.60. The molecule has 3 heteroatoms. The van der Waals surface area contributed by atoms with Crippen LogP contribution in [0.3, 0.4) is 0 Å². The molecule has 0 aliphatic heterocycles. The fourth-order valence-corrected chi connectivity index (χ4v) is 4.72. The van der Waals surface area contributed by atoms with Crippen molar-refractivity contribution in [2.75, 3.05) is 6.54 Å². The van der Waals surface area contributed by atoms with Crippen molar-refractivity contribution in [3.8, 4) is 0 Å². The van der Waals surface area contributed by atoms with Gasteiger partial charge in [0, 0.05) is 18.6 Å². The van der Waals surface area contributed by atoms with Crippen molar-refractivity contribution >= 4 is 24.0 Å². The van der Waals surface area contributed by atoms with Crippen molar-refractivity contribution in [2.24, 2.45) is 5.92 Å². The summed E-state index contributed by atoms with van der Waals surface area (Å²) in [5.74, 6) is 0.759.